The second-order valence-corrected chi connectivity index (χ2v) is 8.81. The summed E-state index contributed by atoms with van der Waals surface area (Å²) in [5, 5.41) is 2.81. The predicted octanol–water partition coefficient (Wildman–Crippen LogP) is 3.37. The van der Waals surface area contributed by atoms with E-state index in [4.69, 9.17) is 9.47 Å². The highest BCUT2D eigenvalue weighted by Crippen LogP contribution is 2.47. The zero-order valence-corrected chi connectivity index (χ0v) is 19.5. The van der Waals surface area contributed by atoms with Gasteiger partial charge in [-0.1, -0.05) is 52.0 Å². The molecule has 1 aromatic rings. The van der Waals surface area contributed by atoms with E-state index in [1.165, 1.54) is 4.90 Å². The maximum absolute atomic E-state index is 13.2. The highest BCUT2D eigenvalue weighted by molar-refractivity contribution is 6.07. The first-order chi connectivity index (χ1) is 15.9. The van der Waals surface area contributed by atoms with Crippen molar-refractivity contribution in [3.8, 4) is 5.75 Å². The standard InChI is InChI=1S/C26H30N2O5/c1-5-12-27-21(29)14-32-20-11-10-17(13-16(20)6-2)18-8-7-9-19-22(18)25-28(24(19)30)23(15(3)4)26(31)33-25/h7-11,13,15,18,23H,5-6,12,14H2,1-4H3,(H,27,29). The SMILES string of the molecule is CCCNC(=O)COc1ccc(C2C=CC=C3C(=O)N4C(=C32)OC(=O)C4C(C)C)cc1CC. The summed E-state index contributed by atoms with van der Waals surface area (Å²) < 4.78 is 11.4. The summed E-state index contributed by atoms with van der Waals surface area (Å²) in [6.07, 6.45) is 7.27. The van der Waals surface area contributed by atoms with Gasteiger partial charge in [-0.25, -0.2) is 4.79 Å². The lowest BCUT2D eigenvalue weighted by Gasteiger charge is -2.21. The van der Waals surface area contributed by atoms with E-state index in [0.717, 1.165) is 29.5 Å². The summed E-state index contributed by atoms with van der Waals surface area (Å²) in [5.74, 6) is 0.0318. The molecule has 7 nitrogen and oxygen atoms in total. The number of hydrogen-bond acceptors (Lipinski definition) is 5. The fourth-order valence-electron chi connectivity index (χ4n) is 4.54. The Morgan fingerprint density at radius 3 is 2.73 bits per heavy atom. The highest BCUT2D eigenvalue weighted by atomic mass is 16.6. The van der Waals surface area contributed by atoms with Gasteiger partial charge < -0.3 is 14.8 Å². The van der Waals surface area contributed by atoms with Gasteiger partial charge in [0, 0.05) is 23.6 Å². The topological polar surface area (TPSA) is 84.9 Å². The van der Waals surface area contributed by atoms with Gasteiger partial charge >= 0.3 is 5.97 Å². The third-order valence-corrected chi connectivity index (χ3v) is 6.17. The minimum absolute atomic E-state index is 0.0339. The molecule has 2 aliphatic heterocycles. The van der Waals surface area contributed by atoms with Gasteiger partial charge in [0.2, 0.25) is 5.88 Å². The fourth-order valence-corrected chi connectivity index (χ4v) is 4.54. The third kappa shape index (κ3) is 4.08. The van der Waals surface area contributed by atoms with Crippen LogP contribution in [-0.4, -0.2) is 41.9 Å². The molecule has 1 saturated heterocycles. The Balaban J connectivity index is 1.63. The molecule has 2 heterocycles. The molecule has 0 aromatic heterocycles. The molecule has 3 aliphatic rings. The molecule has 2 unspecified atom stereocenters. The zero-order valence-electron chi connectivity index (χ0n) is 19.5. The molecule has 4 rings (SSSR count). The van der Waals surface area contributed by atoms with Gasteiger partial charge in [0.15, 0.2) is 6.61 Å². The quantitative estimate of drug-likeness (QED) is 0.614. The van der Waals surface area contributed by atoms with Crippen LogP contribution in [0.5, 0.6) is 5.75 Å². The Bertz CT molecular complexity index is 1080. The Labute approximate surface area is 194 Å². The van der Waals surface area contributed by atoms with Crippen molar-refractivity contribution in [1.29, 1.82) is 0 Å². The van der Waals surface area contributed by atoms with Gasteiger partial charge in [-0.3, -0.25) is 14.5 Å². The lowest BCUT2D eigenvalue weighted by Crippen LogP contribution is -2.39. The van der Waals surface area contributed by atoms with E-state index in [1.54, 1.807) is 6.08 Å². The molecule has 1 aliphatic carbocycles. The molecule has 1 N–H and O–H groups in total. The number of carbonyl (C=O) groups is 3. The molecule has 1 aromatic carbocycles. The van der Waals surface area contributed by atoms with E-state index >= 15 is 0 Å². The van der Waals surface area contributed by atoms with Crippen molar-refractivity contribution >= 4 is 17.8 Å². The third-order valence-electron chi connectivity index (χ3n) is 6.17. The number of benzene rings is 1. The number of amides is 2. The van der Waals surface area contributed by atoms with Gasteiger partial charge in [0.05, 0.1) is 0 Å². The van der Waals surface area contributed by atoms with Gasteiger partial charge in [-0.2, -0.15) is 0 Å². The largest absolute Gasteiger partial charge is 0.483 e. The van der Waals surface area contributed by atoms with Gasteiger partial charge in [-0.15, -0.1) is 0 Å². The van der Waals surface area contributed by atoms with E-state index in [9.17, 15) is 14.4 Å². The summed E-state index contributed by atoms with van der Waals surface area (Å²) in [4.78, 5) is 39.1. The average molecular weight is 451 g/mol. The van der Waals surface area contributed by atoms with Crippen LogP contribution in [0, 0.1) is 5.92 Å². The van der Waals surface area contributed by atoms with Crippen LogP contribution in [0.1, 0.15) is 51.2 Å². The molecule has 1 fully saturated rings. The molecular weight excluding hydrogens is 420 g/mol. The number of fused-ring (bicyclic) bond motifs is 2. The second-order valence-electron chi connectivity index (χ2n) is 8.81. The first-order valence-corrected chi connectivity index (χ1v) is 11.6. The summed E-state index contributed by atoms with van der Waals surface area (Å²) >= 11 is 0. The Morgan fingerprint density at radius 1 is 1.24 bits per heavy atom. The molecule has 0 radical (unpaired) electrons. The monoisotopic (exact) mass is 450 g/mol. The highest BCUT2D eigenvalue weighted by Gasteiger charge is 2.52. The Kier molecular flexibility index (Phi) is 6.40. The van der Waals surface area contributed by atoms with Crippen molar-refractivity contribution in [3.63, 3.8) is 0 Å². The first kappa shape index (κ1) is 22.8. The smallest absolute Gasteiger partial charge is 0.336 e. The summed E-state index contributed by atoms with van der Waals surface area (Å²) in [6, 6.07) is 5.24. The molecule has 174 valence electrons. The van der Waals surface area contributed by atoms with E-state index in [1.807, 2.05) is 58.0 Å². The van der Waals surface area contributed by atoms with E-state index < -0.39 is 6.04 Å². The van der Waals surface area contributed by atoms with Crippen LogP contribution in [-0.2, 0) is 25.5 Å². The van der Waals surface area contributed by atoms with Gasteiger partial charge in [0.1, 0.15) is 11.8 Å². The lowest BCUT2D eigenvalue weighted by atomic mass is 9.83. The number of nitrogens with one attached hydrogen (secondary N) is 1. The van der Waals surface area contributed by atoms with E-state index in [0.29, 0.717) is 23.8 Å². The van der Waals surface area contributed by atoms with Crippen LogP contribution < -0.4 is 10.1 Å². The minimum Gasteiger partial charge on any atom is -0.483 e. The molecule has 7 heteroatoms. The van der Waals surface area contributed by atoms with Crippen LogP contribution in [0.15, 0.2) is 53.5 Å². The van der Waals surface area contributed by atoms with Crippen molar-refractivity contribution in [2.45, 2.75) is 52.5 Å². The molecule has 2 amide bonds. The number of hydrogen-bond donors (Lipinski definition) is 1. The zero-order chi connectivity index (χ0) is 23.7. The Hall–Kier alpha value is -3.35. The van der Waals surface area contributed by atoms with Crippen LogP contribution in [0.3, 0.4) is 0 Å². The number of aryl methyl sites for hydroxylation is 1. The normalized spacial score (nSPS) is 21.2. The lowest BCUT2D eigenvalue weighted by molar-refractivity contribution is -0.139. The average Bonchev–Trinajstić information content (AvgIpc) is 3.29. The maximum atomic E-state index is 13.2. The molecule has 33 heavy (non-hydrogen) atoms. The van der Waals surface area contributed by atoms with Crippen LogP contribution >= 0.6 is 0 Å². The van der Waals surface area contributed by atoms with E-state index in [2.05, 4.69) is 5.32 Å². The van der Waals surface area contributed by atoms with Crippen LogP contribution in [0.2, 0.25) is 0 Å². The molecule has 0 saturated carbocycles. The van der Waals surface area contributed by atoms with Crippen LogP contribution in [0.4, 0.5) is 0 Å². The van der Waals surface area contributed by atoms with Crippen LogP contribution in [0.25, 0.3) is 0 Å². The number of carbonyl (C=O) groups excluding carboxylic acids is 3. The fraction of sp³-hybridized carbons (Fsp3) is 0.423. The molecule has 0 bridgehead atoms. The molecule has 2 atom stereocenters. The predicted molar refractivity (Wildman–Crippen MR) is 123 cm³/mol. The number of esters is 1. The van der Waals surface area contributed by atoms with Crippen molar-refractivity contribution in [3.05, 3.63) is 64.6 Å². The van der Waals surface area contributed by atoms with Crippen molar-refractivity contribution < 1.29 is 23.9 Å². The number of ether oxygens (including phenoxy) is 2. The van der Waals surface area contributed by atoms with Crippen molar-refractivity contribution in [1.82, 2.24) is 10.2 Å². The van der Waals surface area contributed by atoms with Crippen molar-refractivity contribution in [2.24, 2.45) is 5.92 Å². The molecule has 0 spiro atoms. The number of allylic oxidation sites excluding steroid dienone is 3. The van der Waals surface area contributed by atoms with Gasteiger partial charge in [-0.05, 0) is 42.0 Å². The number of nitrogens with zero attached hydrogens (tertiary/aromatic N) is 1. The summed E-state index contributed by atoms with van der Waals surface area (Å²) in [6.45, 7) is 8.44. The Morgan fingerprint density at radius 2 is 2.03 bits per heavy atom. The van der Waals surface area contributed by atoms with Crippen molar-refractivity contribution in [2.75, 3.05) is 13.2 Å². The summed E-state index contributed by atoms with van der Waals surface area (Å²) in [7, 11) is 0. The number of rotatable bonds is 8. The summed E-state index contributed by atoms with van der Waals surface area (Å²) in [5.41, 5.74) is 3.24. The second kappa shape index (κ2) is 9.25. The molecular formula is C26H30N2O5. The first-order valence-electron chi connectivity index (χ1n) is 11.6. The van der Waals surface area contributed by atoms with E-state index in [-0.39, 0.29) is 36.2 Å². The maximum Gasteiger partial charge on any atom is 0.336 e. The van der Waals surface area contributed by atoms with Gasteiger partial charge in [0.25, 0.3) is 11.8 Å². The minimum atomic E-state index is -0.604.